The lowest BCUT2D eigenvalue weighted by molar-refractivity contribution is 0.425. The van der Waals surface area contributed by atoms with Crippen molar-refractivity contribution in [1.29, 1.82) is 0 Å². The van der Waals surface area contributed by atoms with E-state index < -0.39 is 0 Å². The van der Waals surface area contributed by atoms with Gasteiger partial charge in [0, 0.05) is 4.47 Å². The van der Waals surface area contributed by atoms with Crippen LogP contribution in [0.4, 0.5) is 0 Å². The summed E-state index contributed by atoms with van der Waals surface area (Å²) < 4.78 is 10.8. The van der Waals surface area contributed by atoms with E-state index in [0.717, 1.165) is 10.0 Å². The van der Waals surface area contributed by atoms with Gasteiger partial charge in [0.2, 0.25) is 5.82 Å². The van der Waals surface area contributed by atoms with E-state index in [4.69, 9.17) is 8.94 Å². The van der Waals surface area contributed by atoms with Crippen molar-refractivity contribution in [3.8, 4) is 28.6 Å². The largest absolute Gasteiger partial charge is 0.507 e. The number of aromatic nitrogens is 2. The molecule has 0 aliphatic carbocycles. The molecule has 3 rings (SSSR count). The standard InChI is InChI=1S/C12H7BrN2O3/c13-8-1-2-9(10(16)5-8)12-14-11(15-18-12)7-3-4-17-6-7/h1-6,16H. The van der Waals surface area contributed by atoms with Crippen LogP contribution in [0, 0.1) is 0 Å². The van der Waals surface area contributed by atoms with Crippen molar-refractivity contribution in [3.63, 3.8) is 0 Å². The van der Waals surface area contributed by atoms with E-state index >= 15 is 0 Å². The highest BCUT2D eigenvalue weighted by atomic mass is 79.9. The van der Waals surface area contributed by atoms with Crippen LogP contribution in [-0.4, -0.2) is 15.2 Å². The Morgan fingerprint density at radius 1 is 1.22 bits per heavy atom. The van der Waals surface area contributed by atoms with Crippen LogP contribution in [0.2, 0.25) is 0 Å². The van der Waals surface area contributed by atoms with E-state index in [1.54, 1.807) is 24.3 Å². The molecule has 3 aromatic rings. The van der Waals surface area contributed by atoms with Crippen LogP contribution in [0.15, 0.2) is 50.2 Å². The number of benzene rings is 1. The maximum Gasteiger partial charge on any atom is 0.262 e. The SMILES string of the molecule is Oc1cc(Br)ccc1-c1nc(-c2ccoc2)no1. The van der Waals surface area contributed by atoms with Gasteiger partial charge in [-0.2, -0.15) is 4.98 Å². The van der Waals surface area contributed by atoms with Gasteiger partial charge < -0.3 is 14.0 Å². The van der Waals surface area contributed by atoms with Gasteiger partial charge in [-0.05, 0) is 24.3 Å². The fourth-order valence-electron chi connectivity index (χ4n) is 1.53. The molecule has 1 N–H and O–H groups in total. The minimum absolute atomic E-state index is 0.0757. The topological polar surface area (TPSA) is 72.3 Å². The van der Waals surface area contributed by atoms with Gasteiger partial charge in [-0.15, -0.1) is 0 Å². The Morgan fingerprint density at radius 3 is 2.83 bits per heavy atom. The molecule has 0 saturated carbocycles. The molecule has 0 aliphatic rings. The summed E-state index contributed by atoms with van der Waals surface area (Å²) >= 11 is 3.27. The van der Waals surface area contributed by atoms with Gasteiger partial charge in [0.1, 0.15) is 12.0 Å². The Hall–Kier alpha value is -2.08. The van der Waals surface area contributed by atoms with Crippen LogP contribution in [0.1, 0.15) is 0 Å². The number of hydrogen-bond donors (Lipinski definition) is 1. The van der Waals surface area contributed by atoms with Crippen molar-refractivity contribution in [2.75, 3.05) is 0 Å². The maximum absolute atomic E-state index is 9.81. The molecule has 0 fully saturated rings. The number of nitrogens with zero attached hydrogens (tertiary/aromatic N) is 2. The average molecular weight is 307 g/mol. The van der Waals surface area contributed by atoms with E-state index in [9.17, 15) is 5.11 Å². The molecule has 0 atom stereocenters. The van der Waals surface area contributed by atoms with E-state index in [2.05, 4.69) is 26.1 Å². The van der Waals surface area contributed by atoms with Gasteiger partial charge in [0.05, 0.1) is 17.4 Å². The van der Waals surface area contributed by atoms with Crippen LogP contribution < -0.4 is 0 Å². The number of phenols is 1. The molecule has 0 radical (unpaired) electrons. The molecule has 0 amide bonds. The zero-order chi connectivity index (χ0) is 12.5. The van der Waals surface area contributed by atoms with E-state index in [1.807, 2.05) is 0 Å². The second-order valence-corrected chi connectivity index (χ2v) is 4.51. The molecule has 18 heavy (non-hydrogen) atoms. The number of hydrogen-bond acceptors (Lipinski definition) is 5. The van der Waals surface area contributed by atoms with Crippen molar-refractivity contribution in [1.82, 2.24) is 10.1 Å². The molecule has 2 aromatic heterocycles. The monoisotopic (exact) mass is 306 g/mol. The molecular weight excluding hydrogens is 300 g/mol. The first-order chi connectivity index (χ1) is 8.74. The van der Waals surface area contributed by atoms with Crippen LogP contribution in [0.3, 0.4) is 0 Å². The number of rotatable bonds is 2. The number of phenolic OH excluding ortho intramolecular Hbond substituents is 1. The van der Waals surface area contributed by atoms with Crippen molar-refractivity contribution in [2.24, 2.45) is 0 Å². The highest BCUT2D eigenvalue weighted by Crippen LogP contribution is 2.31. The van der Waals surface area contributed by atoms with Gasteiger partial charge in [0.25, 0.3) is 5.89 Å². The van der Waals surface area contributed by atoms with Crippen molar-refractivity contribution in [2.45, 2.75) is 0 Å². The first-order valence-electron chi connectivity index (χ1n) is 5.09. The molecule has 1 aromatic carbocycles. The second-order valence-electron chi connectivity index (χ2n) is 3.60. The summed E-state index contributed by atoms with van der Waals surface area (Å²) in [5.41, 5.74) is 1.21. The summed E-state index contributed by atoms with van der Waals surface area (Å²) in [6.07, 6.45) is 3.05. The van der Waals surface area contributed by atoms with Crippen LogP contribution in [-0.2, 0) is 0 Å². The van der Waals surface area contributed by atoms with Gasteiger partial charge in [-0.1, -0.05) is 21.1 Å². The maximum atomic E-state index is 9.81. The van der Waals surface area contributed by atoms with Crippen LogP contribution >= 0.6 is 15.9 Å². The highest BCUT2D eigenvalue weighted by molar-refractivity contribution is 9.10. The quantitative estimate of drug-likeness (QED) is 0.785. The molecule has 90 valence electrons. The van der Waals surface area contributed by atoms with E-state index in [0.29, 0.717) is 11.4 Å². The minimum atomic E-state index is 0.0757. The Morgan fingerprint density at radius 2 is 2.11 bits per heavy atom. The molecular formula is C12H7BrN2O3. The first kappa shape index (κ1) is 11.0. The summed E-state index contributed by atoms with van der Waals surface area (Å²) in [4.78, 5) is 4.20. The number of halogens is 1. The lowest BCUT2D eigenvalue weighted by Gasteiger charge is -1.98. The van der Waals surface area contributed by atoms with E-state index in [-0.39, 0.29) is 11.6 Å². The molecule has 0 aliphatic heterocycles. The van der Waals surface area contributed by atoms with Crippen molar-refractivity contribution in [3.05, 3.63) is 41.3 Å². The lowest BCUT2D eigenvalue weighted by atomic mass is 10.2. The molecule has 0 spiro atoms. The third kappa shape index (κ3) is 1.91. The lowest BCUT2D eigenvalue weighted by Crippen LogP contribution is -1.80. The minimum Gasteiger partial charge on any atom is -0.507 e. The first-order valence-corrected chi connectivity index (χ1v) is 5.88. The predicted octanol–water partition coefficient (Wildman–Crippen LogP) is 3.46. The zero-order valence-corrected chi connectivity index (χ0v) is 10.6. The highest BCUT2D eigenvalue weighted by Gasteiger charge is 2.14. The van der Waals surface area contributed by atoms with Crippen LogP contribution in [0.5, 0.6) is 5.75 Å². The normalized spacial score (nSPS) is 10.7. The van der Waals surface area contributed by atoms with E-state index in [1.165, 1.54) is 12.5 Å². The molecule has 0 saturated heterocycles. The van der Waals surface area contributed by atoms with Crippen LogP contribution in [0.25, 0.3) is 22.8 Å². The van der Waals surface area contributed by atoms with Crippen molar-refractivity contribution < 1.29 is 14.0 Å². The Labute approximate surface area is 110 Å². The zero-order valence-electron chi connectivity index (χ0n) is 9.00. The van der Waals surface area contributed by atoms with Gasteiger partial charge in [-0.3, -0.25) is 0 Å². The molecule has 0 unspecified atom stereocenters. The van der Waals surface area contributed by atoms with Gasteiger partial charge in [0.15, 0.2) is 0 Å². The predicted molar refractivity (Wildman–Crippen MR) is 66.8 cm³/mol. The third-order valence-corrected chi connectivity index (χ3v) is 2.89. The summed E-state index contributed by atoms with van der Waals surface area (Å²) in [6.45, 7) is 0. The Bertz CT molecular complexity index is 676. The Balaban J connectivity index is 2.03. The van der Waals surface area contributed by atoms with Crippen molar-refractivity contribution >= 4 is 15.9 Å². The summed E-state index contributed by atoms with van der Waals surface area (Å²) in [7, 11) is 0. The fraction of sp³-hybridized carbons (Fsp3) is 0. The summed E-state index contributed by atoms with van der Waals surface area (Å²) in [6, 6.07) is 6.79. The summed E-state index contributed by atoms with van der Waals surface area (Å²) in [5.74, 6) is 0.754. The molecule has 0 bridgehead atoms. The number of aromatic hydroxyl groups is 1. The summed E-state index contributed by atoms with van der Waals surface area (Å²) in [5, 5.41) is 13.6. The Kier molecular flexibility index (Phi) is 2.64. The van der Waals surface area contributed by atoms with Gasteiger partial charge >= 0.3 is 0 Å². The molecule has 6 heteroatoms. The smallest absolute Gasteiger partial charge is 0.262 e. The molecule has 5 nitrogen and oxygen atoms in total. The number of furan rings is 1. The third-order valence-electron chi connectivity index (χ3n) is 2.40. The second kappa shape index (κ2) is 4.30. The average Bonchev–Trinajstić information content (AvgIpc) is 2.99. The van der Waals surface area contributed by atoms with Gasteiger partial charge in [-0.25, -0.2) is 0 Å². The fourth-order valence-corrected chi connectivity index (χ4v) is 1.88. The molecule has 2 heterocycles.